The van der Waals surface area contributed by atoms with Crippen LogP contribution in [0.1, 0.15) is 5.56 Å². The number of rotatable bonds is 4. The number of aryl methyl sites for hydroxylation is 1. The number of anilines is 1. The van der Waals surface area contributed by atoms with Crippen LogP contribution >= 0.6 is 11.6 Å². The fraction of sp³-hybridized carbons (Fsp3) is 0.118. The molecule has 8 nitrogen and oxygen atoms in total. The van der Waals surface area contributed by atoms with Crippen molar-refractivity contribution in [1.29, 1.82) is 0 Å². The second-order valence-corrected chi connectivity index (χ2v) is 5.82. The molecular weight excluding hydrogens is 356 g/mol. The van der Waals surface area contributed by atoms with Crippen molar-refractivity contribution >= 4 is 29.1 Å². The zero-order chi connectivity index (χ0) is 18.5. The Hall–Kier alpha value is -3.26. The molecule has 2 aromatic carbocycles. The third-order valence-corrected chi connectivity index (χ3v) is 3.88. The van der Waals surface area contributed by atoms with Crippen LogP contribution in [0.5, 0.6) is 0 Å². The van der Waals surface area contributed by atoms with E-state index in [1.807, 2.05) is 0 Å². The van der Waals surface area contributed by atoms with Crippen LogP contribution < -0.4 is 10.6 Å². The first-order valence-corrected chi connectivity index (χ1v) is 8.08. The quantitative estimate of drug-likeness (QED) is 0.682. The summed E-state index contributed by atoms with van der Waals surface area (Å²) >= 11 is 6.02. The lowest BCUT2D eigenvalue weighted by Crippen LogP contribution is -2.35. The van der Waals surface area contributed by atoms with E-state index in [4.69, 9.17) is 11.6 Å². The molecule has 3 aromatic rings. The van der Waals surface area contributed by atoms with Crippen molar-refractivity contribution in [2.24, 2.45) is 7.05 Å². The lowest BCUT2D eigenvalue weighted by molar-refractivity contribution is -0.136. The van der Waals surface area contributed by atoms with Gasteiger partial charge in [-0.2, -0.15) is 4.80 Å². The minimum Gasteiger partial charge on any atom is -0.344 e. The van der Waals surface area contributed by atoms with Crippen LogP contribution in [0.3, 0.4) is 0 Å². The molecule has 0 aliphatic rings. The maximum absolute atomic E-state index is 12.0. The topological polar surface area (TPSA) is 102 Å². The zero-order valence-electron chi connectivity index (χ0n) is 13.8. The molecule has 0 unspecified atom stereocenters. The lowest BCUT2D eigenvalue weighted by Gasteiger charge is -2.08. The minimum absolute atomic E-state index is 0.170. The Labute approximate surface area is 154 Å². The van der Waals surface area contributed by atoms with Crippen LogP contribution in [-0.4, -0.2) is 32.0 Å². The van der Waals surface area contributed by atoms with E-state index in [2.05, 4.69) is 26.0 Å². The summed E-state index contributed by atoms with van der Waals surface area (Å²) in [6.45, 7) is 0.170. The Kier molecular flexibility index (Phi) is 5.23. The molecule has 0 saturated heterocycles. The Balaban J connectivity index is 1.57. The Morgan fingerprint density at radius 2 is 1.81 bits per heavy atom. The van der Waals surface area contributed by atoms with E-state index in [9.17, 15) is 9.59 Å². The standard InChI is InChI=1S/C17H15ClN6O2/c1-24-22-15(21-23-24)11-6-8-13(9-7-11)20-17(26)16(25)19-10-12-4-2-3-5-14(12)18/h2-9H,10H2,1H3,(H,19,25)(H,20,26). The lowest BCUT2D eigenvalue weighted by atomic mass is 10.2. The number of hydrogen-bond acceptors (Lipinski definition) is 5. The van der Waals surface area contributed by atoms with Gasteiger partial charge in [0.2, 0.25) is 5.82 Å². The summed E-state index contributed by atoms with van der Waals surface area (Å²) in [5, 5.41) is 17.4. The molecule has 0 radical (unpaired) electrons. The van der Waals surface area contributed by atoms with Crippen LogP contribution in [0.2, 0.25) is 5.02 Å². The molecule has 132 valence electrons. The van der Waals surface area contributed by atoms with Gasteiger partial charge in [-0.25, -0.2) is 0 Å². The number of tetrazole rings is 1. The fourth-order valence-corrected chi connectivity index (χ4v) is 2.39. The molecule has 0 bridgehead atoms. The van der Waals surface area contributed by atoms with E-state index < -0.39 is 11.8 Å². The fourth-order valence-electron chi connectivity index (χ4n) is 2.19. The van der Waals surface area contributed by atoms with Gasteiger partial charge in [0.1, 0.15) is 0 Å². The average Bonchev–Trinajstić information content (AvgIpc) is 3.07. The normalized spacial score (nSPS) is 10.4. The van der Waals surface area contributed by atoms with Gasteiger partial charge in [-0.15, -0.1) is 10.2 Å². The molecule has 0 aliphatic carbocycles. The van der Waals surface area contributed by atoms with E-state index in [0.717, 1.165) is 11.1 Å². The molecule has 0 spiro atoms. The third kappa shape index (κ3) is 4.22. The summed E-state index contributed by atoms with van der Waals surface area (Å²) in [6, 6.07) is 13.9. The van der Waals surface area contributed by atoms with Crippen LogP contribution in [0.4, 0.5) is 5.69 Å². The summed E-state index contributed by atoms with van der Waals surface area (Å²) in [5.41, 5.74) is 1.96. The maximum Gasteiger partial charge on any atom is 0.313 e. The molecule has 9 heteroatoms. The van der Waals surface area contributed by atoms with Gasteiger partial charge in [0.15, 0.2) is 0 Å². The number of nitrogens with zero attached hydrogens (tertiary/aromatic N) is 4. The smallest absolute Gasteiger partial charge is 0.313 e. The maximum atomic E-state index is 12.0. The minimum atomic E-state index is -0.762. The predicted molar refractivity (Wildman–Crippen MR) is 96.2 cm³/mol. The Bertz CT molecular complexity index is 938. The van der Waals surface area contributed by atoms with Crippen molar-refractivity contribution in [3.05, 3.63) is 59.1 Å². The third-order valence-electron chi connectivity index (χ3n) is 3.51. The molecular formula is C17H15ClN6O2. The predicted octanol–water partition coefficient (Wildman–Crippen LogP) is 1.79. The van der Waals surface area contributed by atoms with Crippen LogP contribution in [-0.2, 0) is 23.2 Å². The summed E-state index contributed by atoms with van der Waals surface area (Å²) in [4.78, 5) is 25.3. The number of benzene rings is 2. The number of carbonyl (C=O) groups excluding carboxylic acids is 2. The first-order valence-electron chi connectivity index (χ1n) is 7.70. The van der Waals surface area contributed by atoms with E-state index in [1.165, 1.54) is 4.80 Å². The van der Waals surface area contributed by atoms with E-state index in [1.54, 1.807) is 55.6 Å². The van der Waals surface area contributed by atoms with Crippen molar-refractivity contribution < 1.29 is 9.59 Å². The molecule has 2 amide bonds. The molecule has 0 aliphatic heterocycles. The monoisotopic (exact) mass is 370 g/mol. The highest BCUT2D eigenvalue weighted by Gasteiger charge is 2.14. The van der Waals surface area contributed by atoms with Crippen LogP contribution in [0.25, 0.3) is 11.4 Å². The Morgan fingerprint density at radius 3 is 2.46 bits per heavy atom. The molecule has 26 heavy (non-hydrogen) atoms. The number of amides is 2. The molecule has 0 fully saturated rings. The highest BCUT2D eigenvalue weighted by molar-refractivity contribution is 6.39. The van der Waals surface area contributed by atoms with E-state index in [0.29, 0.717) is 16.5 Å². The summed E-state index contributed by atoms with van der Waals surface area (Å²) < 4.78 is 0. The highest BCUT2D eigenvalue weighted by atomic mass is 35.5. The van der Waals surface area contributed by atoms with E-state index >= 15 is 0 Å². The number of aromatic nitrogens is 4. The first kappa shape index (κ1) is 17.6. The molecule has 1 aromatic heterocycles. The van der Waals surface area contributed by atoms with Gasteiger partial charge in [-0.05, 0) is 41.1 Å². The Morgan fingerprint density at radius 1 is 1.08 bits per heavy atom. The largest absolute Gasteiger partial charge is 0.344 e. The molecule has 0 atom stereocenters. The molecule has 3 rings (SSSR count). The first-order chi connectivity index (χ1) is 12.5. The second-order valence-electron chi connectivity index (χ2n) is 5.41. The summed E-state index contributed by atoms with van der Waals surface area (Å²) in [6.07, 6.45) is 0. The number of halogens is 1. The SMILES string of the molecule is Cn1nnc(-c2ccc(NC(=O)C(=O)NCc3ccccc3Cl)cc2)n1. The van der Waals surface area contributed by atoms with Gasteiger partial charge in [-0.3, -0.25) is 9.59 Å². The molecule has 0 saturated carbocycles. The summed E-state index contributed by atoms with van der Waals surface area (Å²) in [7, 11) is 1.67. The van der Waals surface area contributed by atoms with Crippen molar-refractivity contribution in [1.82, 2.24) is 25.5 Å². The van der Waals surface area contributed by atoms with E-state index in [-0.39, 0.29) is 6.54 Å². The second kappa shape index (κ2) is 7.75. The number of nitrogens with one attached hydrogen (secondary N) is 2. The van der Waals surface area contributed by atoms with Crippen molar-refractivity contribution in [3.8, 4) is 11.4 Å². The zero-order valence-corrected chi connectivity index (χ0v) is 14.6. The van der Waals surface area contributed by atoms with Crippen LogP contribution in [0, 0.1) is 0 Å². The average molecular weight is 371 g/mol. The van der Waals surface area contributed by atoms with Crippen molar-refractivity contribution in [3.63, 3.8) is 0 Å². The van der Waals surface area contributed by atoms with Crippen LogP contribution in [0.15, 0.2) is 48.5 Å². The highest BCUT2D eigenvalue weighted by Crippen LogP contribution is 2.17. The van der Waals surface area contributed by atoms with Gasteiger partial charge < -0.3 is 10.6 Å². The van der Waals surface area contributed by atoms with Gasteiger partial charge >= 0.3 is 11.8 Å². The van der Waals surface area contributed by atoms with Gasteiger partial charge in [-0.1, -0.05) is 29.8 Å². The van der Waals surface area contributed by atoms with Crippen molar-refractivity contribution in [2.45, 2.75) is 6.54 Å². The molecule has 2 N–H and O–H groups in total. The number of carbonyl (C=O) groups is 2. The van der Waals surface area contributed by atoms with Gasteiger partial charge in [0.25, 0.3) is 0 Å². The van der Waals surface area contributed by atoms with Gasteiger partial charge in [0.05, 0.1) is 7.05 Å². The van der Waals surface area contributed by atoms with Gasteiger partial charge in [0, 0.05) is 22.8 Å². The van der Waals surface area contributed by atoms with Crippen molar-refractivity contribution in [2.75, 3.05) is 5.32 Å². The molecule has 1 heterocycles. The number of hydrogen-bond donors (Lipinski definition) is 2. The summed E-state index contributed by atoms with van der Waals surface area (Å²) in [5.74, 6) is -1.03.